The average molecular weight is 411 g/mol. The van der Waals surface area contributed by atoms with Crippen molar-refractivity contribution in [2.75, 3.05) is 11.9 Å². The van der Waals surface area contributed by atoms with Crippen molar-refractivity contribution < 1.29 is 23.1 Å². The predicted molar refractivity (Wildman–Crippen MR) is 107 cm³/mol. The summed E-state index contributed by atoms with van der Waals surface area (Å²) in [4.78, 5) is 17.7. The topological polar surface area (TPSA) is 71.0 Å². The van der Waals surface area contributed by atoms with Crippen LogP contribution in [0.25, 0.3) is 16.6 Å². The maximum atomic E-state index is 13.9. The van der Waals surface area contributed by atoms with Gasteiger partial charge in [0.1, 0.15) is 17.2 Å². The van der Waals surface area contributed by atoms with Crippen LogP contribution in [0.5, 0.6) is 0 Å². The number of carbonyl (C=O) groups is 1. The summed E-state index contributed by atoms with van der Waals surface area (Å²) in [6, 6.07) is 7.45. The summed E-state index contributed by atoms with van der Waals surface area (Å²) in [5.74, 6) is -1.70. The van der Waals surface area contributed by atoms with Crippen LogP contribution in [0.1, 0.15) is 23.2 Å². The maximum absolute atomic E-state index is 13.9. The summed E-state index contributed by atoms with van der Waals surface area (Å²) >= 11 is 0. The first-order valence-corrected chi connectivity index (χ1v) is 9.71. The molecule has 1 aromatic carbocycles. The molecule has 0 bridgehead atoms. The van der Waals surface area contributed by atoms with E-state index in [4.69, 9.17) is 4.42 Å². The van der Waals surface area contributed by atoms with E-state index in [9.17, 15) is 18.7 Å². The summed E-state index contributed by atoms with van der Waals surface area (Å²) in [5, 5.41) is 9.33. The number of hydrogen-bond donors (Lipinski definition) is 1. The number of oxazole rings is 1. The van der Waals surface area contributed by atoms with Crippen molar-refractivity contribution in [3.63, 3.8) is 0 Å². The van der Waals surface area contributed by atoms with Gasteiger partial charge in [-0.3, -0.25) is 4.79 Å². The van der Waals surface area contributed by atoms with E-state index in [0.29, 0.717) is 41.0 Å². The highest BCUT2D eigenvalue weighted by Crippen LogP contribution is 2.34. The number of likely N-dealkylation sites (N-methyl/N-ethyl adjacent to an activating group) is 1. The molecular formula is C22H19F2N3O3. The van der Waals surface area contributed by atoms with Crippen molar-refractivity contribution in [2.24, 2.45) is 0 Å². The van der Waals surface area contributed by atoms with Crippen LogP contribution < -0.4 is 4.90 Å². The molecule has 3 heterocycles. The van der Waals surface area contributed by atoms with E-state index in [1.165, 1.54) is 24.3 Å². The lowest BCUT2D eigenvalue weighted by atomic mass is 9.89. The van der Waals surface area contributed by atoms with Gasteiger partial charge in [-0.05, 0) is 48.2 Å². The van der Waals surface area contributed by atoms with E-state index in [2.05, 4.69) is 4.98 Å². The Morgan fingerprint density at radius 3 is 2.90 bits per heavy atom. The normalized spacial score (nSPS) is 16.2. The fourth-order valence-electron chi connectivity index (χ4n) is 4.44. The molecule has 0 spiro atoms. The van der Waals surface area contributed by atoms with E-state index >= 15 is 0 Å². The van der Waals surface area contributed by atoms with Crippen molar-refractivity contribution in [2.45, 2.75) is 31.7 Å². The van der Waals surface area contributed by atoms with Gasteiger partial charge in [0.25, 0.3) is 6.01 Å². The molecule has 0 saturated carbocycles. The van der Waals surface area contributed by atoms with Crippen LogP contribution in [-0.4, -0.2) is 33.6 Å². The molecule has 8 heteroatoms. The van der Waals surface area contributed by atoms with E-state index in [0.717, 1.165) is 17.7 Å². The van der Waals surface area contributed by atoms with Gasteiger partial charge < -0.3 is 18.8 Å². The molecule has 30 heavy (non-hydrogen) atoms. The van der Waals surface area contributed by atoms with Crippen LogP contribution >= 0.6 is 0 Å². The van der Waals surface area contributed by atoms with Gasteiger partial charge in [0.15, 0.2) is 5.58 Å². The number of carboxylic acid groups (broad SMARTS) is 1. The highest BCUT2D eigenvalue weighted by atomic mass is 19.1. The molecule has 0 radical (unpaired) electrons. The largest absolute Gasteiger partial charge is 0.481 e. The number of halogens is 2. The fourth-order valence-corrected chi connectivity index (χ4v) is 4.44. The summed E-state index contributed by atoms with van der Waals surface area (Å²) in [6.45, 7) is 0. The fraction of sp³-hybridized carbons (Fsp3) is 0.273. The van der Waals surface area contributed by atoms with Gasteiger partial charge in [0, 0.05) is 37.5 Å². The third-order valence-corrected chi connectivity index (χ3v) is 5.90. The molecule has 1 aliphatic carbocycles. The third-order valence-electron chi connectivity index (χ3n) is 5.90. The second-order valence-electron chi connectivity index (χ2n) is 7.69. The van der Waals surface area contributed by atoms with E-state index in [1.807, 2.05) is 16.3 Å². The minimum absolute atomic E-state index is 0.0521. The molecule has 1 N–H and O–H groups in total. The highest BCUT2D eigenvalue weighted by molar-refractivity contribution is 5.77. The first kappa shape index (κ1) is 18.6. The van der Waals surface area contributed by atoms with Crippen LogP contribution in [-0.2, 0) is 24.1 Å². The SMILES string of the molecule is CN(c1nc2cc(F)ccc2o1)C1CCc2c(CC(=O)O)c3cc(F)ccn3c2C1. The van der Waals surface area contributed by atoms with Crippen molar-refractivity contribution in [3.05, 3.63) is 65.0 Å². The number of pyridine rings is 1. The van der Waals surface area contributed by atoms with Crippen molar-refractivity contribution in [1.29, 1.82) is 0 Å². The van der Waals surface area contributed by atoms with E-state index in [-0.39, 0.29) is 18.3 Å². The smallest absolute Gasteiger partial charge is 0.307 e. The number of fused-ring (bicyclic) bond motifs is 4. The van der Waals surface area contributed by atoms with Crippen LogP contribution in [0.3, 0.4) is 0 Å². The first-order chi connectivity index (χ1) is 14.4. The standard InChI is InChI=1S/C22H19F2N3O3/c1-26(22-25-17-8-12(23)2-5-20(17)30-22)14-3-4-15-16(11-21(28)29)18-9-13(24)6-7-27(18)19(15)10-14/h2,5-9,14H,3-4,10-11H2,1H3,(H,28,29). The molecule has 0 fully saturated rings. The van der Waals surface area contributed by atoms with Crippen LogP contribution in [0.4, 0.5) is 14.8 Å². The second-order valence-corrected chi connectivity index (χ2v) is 7.69. The molecule has 1 unspecified atom stereocenters. The quantitative estimate of drug-likeness (QED) is 0.550. The number of aromatic nitrogens is 2. The molecule has 0 saturated heterocycles. The Bertz CT molecular complexity index is 1290. The number of nitrogens with zero attached hydrogens (tertiary/aromatic N) is 3. The Morgan fingerprint density at radius 1 is 1.30 bits per heavy atom. The van der Waals surface area contributed by atoms with Gasteiger partial charge in [-0.15, -0.1) is 0 Å². The molecule has 4 aromatic rings. The van der Waals surface area contributed by atoms with Crippen LogP contribution in [0.2, 0.25) is 0 Å². The number of aliphatic carboxylic acids is 1. The van der Waals surface area contributed by atoms with Gasteiger partial charge in [-0.1, -0.05) is 0 Å². The van der Waals surface area contributed by atoms with E-state index in [1.54, 1.807) is 12.3 Å². The third kappa shape index (κ3) is 2.99. The monoisotopic (exact) mass is 411 g/mol. The Morgan fingerprint density at radius 2 is 2.10 bits per heavy atom. The molecule has 0 aliphatic heterocycles. The lowest BCUT2D eigenvalue weighted by Crippen LogP contribution is -2.37. The number of carboxylic acids is 1. The average Bonchev–Trinajstić information content (AvgIpc) is 3.26. The van der Waals surface area contributed by atoms with Crippen LogP contribution in [0.15, 0.2) is 40.9 Å². The number of rotatable bonds is 4. The van der Waals surface area contributed by atoms with Gasteiger partial charge in [0.2, 0.25) is 0 Å². The molecule has 5 rings (SSSR count). The maximum Gasteiger partial charge on any atom is 0.307 e. The van der Waals surface area contributed by atoms with Crippen LogP contribution in [0, 0.1) is 11.6 Å². The minimum atomic E-state index is -0.937. The molecule has 6 nitrogen and oxygen atoms in total. The Kier molecular flexibility index (Phi) is 4.23. The summed E-state index contributed by atoms with van der Waals surface area (Å²) < 4.78 is 35.0. The lowest BCUT2D eigenvalue weighted by molar-refractivity contribution is -0.136. The van der Waals surface area contributed by atoms with Gasteiger partial charge >= 0.3 is 5.97 Å². The highest BCUT2D eigenvalue weighted by Gasteiger charge is 2.30. The number of hydrogen-bond acceptors (Lipinski definition) is 4. The number of anilines is 1. The molecule has 1 atom stereocenters. The summed E-state index contributed by atoms with van der Waals surface area (Å²) in [7, 11) is 1.88. The van der Waals surface area contributed by atoms with Crippen molar-refractivity contribution in [1.82, 2.24) is 9.38 Å². The summed E-state index contributed by atoms with van der Waals surface area (Å²) in [5.41, 5.74) is 4.21. The second kappa shape index (κ2) is 6.83. The zero-order valence-corrected chi connectivity index (χ0v) is 16.2. The molecule has 0 amide bonds. The minimum Gasteiger partial charge on any atom is -0.481 e. The van der Waals surface area contributed by atoms with Gasteiger partial charge in [0.05, 0.1) is 11.9 Å². The van der Waals surface area contributed by atoms with E-state index < -0.39 is 11.8 Å². The molecular weight excluding hydrogens is 392 g/mol. The zero-order valence-electron chi connectivity index (χ0n) is 16.2. The predicted octanol–water partition coefficient (Wildman–Crippen LogP) is 3.98. The van der Waals surface area contributed by atoms with Gasteiger partial charge in [-0.25, -0.2) is 8.78 Å². The summed E-state index contributed by atoms with van der Waals surface area (Å²) in [6.07, 6.45) is 3.58. The Balaban J connectivity index is 1.52. The first-order valence-electron chi connectivity index (χ1n) is 9.71. The molecule has 3 aromatic heterocycles. The zero-order chi connectivity index (χ0) is 21.0. The lowest BCUT2D eigenvalue weighted by Gasteiger charge is -2.30. The number of benzene rings is 1. The molecule has 1 aliphatic rings. The van der Waals surface area contributed by atoms with Gasteiger partial charge in [-0.2, -0.15) is 4.98 Å². The van der Waals surface area contributed by atoms with Crippen molar-refractivity contribution in [3.8, 4) is 0 Å². The Hall–Kier alpha value is -3.42. The van der Waals surface area contributed by atoms with Crippen molar-refractivity contribution >= 4 is 28.6 Å². The Labute approximate surface area is 170 Å². The molecule has 154 valence electrons.